The largest absolute Gasteiger partial charge is 0.377 e. The van der Waals surface area contributed by atoms with Gasteiger partial charge in [-0.2, -0.15) is 0 Å². The molecule has 1 aliphatic heterocycles. The molecular weight excluding hydrogens is 512 g/mol. The second kappa shape index (κ2) is 11.2. The number of aromatic nitrogens is 5. The van der Waals surface area contributed by atoms with Crippen LogP contribution in [0.15, 0.2) is 47.3 Å². The Labute approximate surface area is 234 Å². The highest BCUT2D eigenvalue weighted by Crippen LogP contribution is 2.33. The van der Waals surface area contributed by atoms with Gasteiger partial charge in [0.05, 0.1) is 17.2 Å². The SMILES string of the molecule is CCC(C)(C)n1nnnc1C(c1cc2cc(C)cc(C)c2[nH]c1=O)N(Cc1ccc(Cl)cc1)CC1CCCO1. The fourth-order valence-corrected chi connectivity index (χ4v) is 5.61. The third-order valence-corrected chi connectivity index (χ3v) is 8.17. The minimum Gasteiger partial charge on any atom is -0.377 e. The monoisotopic (exact) mass is 548 g/mol. The van der Waals surface area contributed by atoms with Crippen LogP contribution in [0.3, 0.4) is 0 Å². The van der Waals surface area contributed by atoms with Crippen LogP contribution in [0.2, 0.25) is 5.02 Å². The van der Waals surface area contributed by atoms with Crippen molar-refractivity contribution in [1.82, 2.24) is 30.1 Å². The maximum atomic E-state index is 13.9. The standard InChI is InChI=1S/C30H37ClN6O2/c1-6-30(4,5)37-28(33-34-35-37)27(25-16-22-15-19(2)14-20(3)26(22)32-29(25)38)36(18-24-8-7-13-39-24)17-21-9-11-23(31)12-10-21/h9-12,14-16,24,27H,6-8,13,17-18H2,1-5H3,(H,32,38). The predicted octanol–water partition coefficient (Wildman–Crippen LogP) is 5.70. The molecule has 1 aliphatic rings. The fraction of sp³-hybridized carbons (Fsp3) is 0.467. The lowest BCUT2D eigenvalue weighted by Crippen LogP contribution is -2.41. The number of pyridine rings is 1. The summed E-state index contributed by atoms with van der Waals surface area (Å²) in [4.78, 5) is 19.3. The Morgan fingerprint density at radius 2 is 1.97 bits per heavy atom. The molecule has 0 amide bonds. The van der Waals surface area contributed by atoms with E-state index < -0.39 is 6.04 Å². The maximum Gasteiger partial charge on any atom is 0.253 e. The van der Waals surface area contributed by atoms with E-state index in [1.807, 2.05) is 41.9 Å². The molecule has 0 radical (unpaired) electrons. The van der Waals surface area contributed by atoms with Gasteiger partial charge < -0.3 is 9.72 Å². The first kappa shape index (κ1) is 27.5. The van der Waals surface area contributed by atoms with Crippen molar-refractivity contribution in [3.63, 3.8) is 0 Å². The lowest BCUT2D eigenvalue weighted by Gasteiger charge is -2.34. The predicted molar refractivity (Wildman–Crippen MR) is 154 cm³/mol. The summed E-state index contributed by atoms with van der Waals surface area (Å²) in [6.07, 6.45) is 2.89. The lowest BCUT2D eigenvalue weighted by atomic mass is 9.97. The Bertz CT molecular complexity index is 1500. The third-order valence-electron chi connectivity index (χ3n) is 7.92. The number of hydrogen-bond donors (Lipinski definition) is 1. The Kier molecular flexibility index (Phi) is 7.89. The highest BCUT2D eigenvalue weighted by atomic mass is 35.5. The van der Waals surface area contributed by atoms with Gasteiger partial charge in [0.2, 0.25) is 0 Å². The molecule has 1 fully saturated rings. The number of benzene rings is 2. The summed E-state index contributed by atoms with van der Waals surface area (Å²) in [5.41, 5.74) is 4.25. The first-order chi connectivity index (χ1) is 18.7. The molecule has 5 rings (SSSR count). The van der Waals surface area contributed by atoms with Crippen LogP contribution < -0.4 is 5.56 Å². The maximum absolute atomic E-state index is 13.9. The van der Waals surface area contributed by atoms with Gasteiger partial charge >= 0.3 is 0 Å². The summed E-state index contributed by atoms with van der Waals surface area (Å²) < 4.78 is 7.97. The van der Waals surface area contributed by atoms with Crippen molar-refractivity contribution < 1.29 is 4.74 Å². The molecular formula is C30H37ClN6O2. The second-order valence-corrected chi connectivity index (χ2v) is 11.7. The van der Waals surface area contributed by atoms with Crippen molar-refractivity contribution in [2.45, 2.75) is 78.1 Å². The zero-order chi connectivity index (χ0) is 27.7. The number of nitrogens with one attached hydrogen (secondary N) is 1. The fourth-order valence-electron chi connectivity index (χ4n) is 5.49. The summed E-state index contributed by atoms with van der Waals surface area (Å²) >= 11 is 6.21. The molecule has 1 saturated heterocycles. The van der Waals surface area contributed by atoms with Crippen LogP contribution in [0, 0.1) is 13.8 Å². The van der Waals surface area contributed by atoms with E-state index in [4.69, 9.17) is 16.3 Å². The molecule has 206 valence electrons. The summed E-state index contributed by atoms with van der Waals surface area (Å²) in [5.74, 6) is 0.642. The van der Waals surface area contributed by atoms with Crippen molar-refractivity contribution >= 4 is 22.5 Å². The number of hydrogen-bond acceptors (Lipinski definition) is 6. The van der Waals surface area contributed by atoms with Gasteiger partial charge in [0.1, 0.15) is 6.04 Å². The molecule has 2 aromatic heterocycles. The molecule has 4 aromatic rings. The van der Waals surface area contributed by atoms with Gasteiger partial charge in [-0.3, -0.25) is 9.69 Å². The molecule has 0 saturated carbocycles. The van der Waals surface area contributed by atoms with E-state index in [1.54, 1.807) is 0 Å². The number of tetrazole rings is 1. The molecule has 2 unspecified atom stereocenters. The van der Waals surface area contributed by atoms with Gasteiger partial charge in [0, 0.05) is 30.3 Å². The summed E-state index contributed by atoms with van der Waals surface area (Å²) in [5, 5.41) is 14.8. The van der Waals surface area contributed by atoms with Crippen LogP contribution in [0.4, 0.5) is 0 Å². The zero-order valence-corrected chi connectivity index (χ0v) is 24.1. The Balaban J connectivity index is 1.72. The zero-order valence-electron chi connectivity index (χ0n) is 23.4. The number of ether oxygens (including phenoxy) is 1. The average molecular weight is 549 g/mol. The van der Waals surface area contributed by atoms with E-state index in [9.17, 15) is 4.79 Å². The first-order valence-corrected chi connectivity index (χ1v) is 14.1. The van der Waals surface area contributed by atoms with Crippen LogP contribution >= 0.6 is 11.6 Å². The van der Waals surface area contributed by atoms with E-state index in [2.05, 4.69) is 65.2 Å². The number of fused-ring (bicyclic) bond motifs is 1. The van der Waals surface area contributed by atoms with Crippen LogP contribution in [0.5, 0.6) is 0 Å². The van der Waals surface area contributed by atoms with E-state index in [0.29, 0.717) is 29.5 Å². The Morgan fingerprint density at radius 1 is 1.21 bits per heavy atom. The molecule has 0 aliphatic carbocycles. The van der Waals surface area contributed by atoms with Crippen molar-refractivity contribution in [3.05, 3.63) is 85.9 Å². The van der Waals surface area contributed by atoms with E-state index in [0.717, 1.165) is 53.5 Å². The smallest absolute Gasteiger partial charge is 0.253 e. The highest BCUT2D eigenvalue weighted by molar-refractivity contribution is 6.30. The van der Waals surface area contributed by atoms with Crippen LogP contribution in [-0.2, 0) is 16.8 Å². The minimum absolute atomic E-state index is 0.0624. The Hall–Kier alpha value is -3.07. The number of H-pyrrole nitrogens is 1. The minimum atomic E-state index is -0.500. The molecule has 9 heteroatoms. The normalized spacial score (nSPS) is 16.8. The summed E-state index contributed by atoms with van der Waals surface area (Å²) in [6.45, 7) is 12.4. The molecule has 1 N–H and O–H groups in total. The number of halogens is 1. The number of nitrogens with zero attached hydrogens (tertiary/aromatic N) is 5. The van der Waals surface area contributed by atoms with Crippen molar-refractivity contribution in [1.29, 1.82) is 0 Å². The van der Waals surface area contributed by atoms with E-state index >= 15 is 0 Å². The van der Waals surface area contributed by atoms with Crippen molar-refractivity contribution in [3.8, 4) is 0 Å². The summed E-state index contributed by atoms with van der Waals surface area (Å²) in [6, 6.07) is 13.6. The molecule has 39 heavy (non-hydrogen) atoms. The highest BCUT2D eigenvalue weighted by Gasteiger charge is 2.36. The van der Waals surface area contributed by atoms with Gasteiger partial charge in [-0.25, -0.2) is 4.68 Å². The molecule has 2 atom stereocenters. The molecule has 0 bridgehead atoms. The van der Waals surface area contributed by atoms with Gasteiger partial charge in [-0.1, -0.05) is 42.3 Å². The molecule has 3 heterocycles. The van der Waals surface area contributed by atoms with Gasteiger partial charge in [0.25, 0.3) is 5.56 Å². The van der Waals surface area contributed by atoms with Crippen LogP contribution in [0.25, 0.3) is 10.9 Å². The topological polar surface area (TPSA) is 88.9 Å². The first-order valence-electron chi connectivity index (χ1n) is 13.7. The number of rotatable bonds is 9. The second-order valence-electron chi connectivity index (χ2n) is 11.3. The molecule has 0 spiro atoms. The third kappa shape index (κ3) is 5.78. The summed E-state index contributed by atoms with van der Waals surface area (Å²) in [7, 11) is 0. The molecule has 8 nitrogen and oxygen atoms in total. The van der Waals surface area contributed by atoms with Gasteiger partial charge in [0.15, 0.2) is 5.82 Å². The number of aryl methyl sites for hydroxylation is 2. The van der Waals surface area contributed by atoms with E-state index in [1.165, 1.54) is 0 Å². The van der Waals surface area contributed by atoms with Crippen LogP contribution in [-0.4, -0.2) is 49.3 Å². The Morgan fingerprint density at radius 3 is 2.67 bits per heavy atom. The van der Waals surface area contributed by atoms with Gasteiger partial charge in [-0.15, -0.1) is 5.10 Å². The van der Waals surface area contributed by atoms with Crippen LogP contribution in [0.1, 0.15) is 74.2 Å². The van der Waals surface area contributed by atoms with Crippen molar-refractivity contribution in [2.24, 2.45) is 0 Å². The number of aromatic amines is 1. The quantitative estimate of drug-likeness (QED) is 0.288. The van der Waals surface area contributed by atoms with E-state index in [-0.39, 0.29) is 17.2 Å². The van der Waals surface area contributed by atoms with Crippen molar-refractivity contribution in [2.75, 3.05) is 13.2 Å². The van der Waals surface area contributed by atoms with Gasteiger partial charge in [-0.05, 0) is 98.2 Å². The lowest BCUT2D eigenvalue weighted by molar-refractivity contribution is 0.0562. The average Bonchev–Trinajstić information content (AvgIpc) is 3.59. The molecule has 2 aromatic carbocycles.